The minimum absolute atomic E-state index is 0.193. The number of carbonyl (C=O) groups is 2. The van der Waals surface area contributed by atoms with Gasteiger partial charge in [-0.2, -0.15) is 0 Å². The molecule has 0 fully saturated rings. The van der Waals surface area contributed by atoms with Gasteiger partial charge in [0.2, 0.25) is 0 Å². The monoisotopic (exact) mass is 290 g/mol. The van der Waals surface area contributed by atoms with Crippen LogP contribution in [0, 0.1) is 5.92 Å². The van der Waals surface area contributed by atoms with E-state index in [0.717, 1.165) is 5.41 Å². The van der Waals surface area contributed by atoms with Crippen molar-refractivity contribution in [3.63, 3.8) is 0 Å². The van der Waals surface area contributed by atoms with Crippen molar-refractivity contribution in [3.8, 4) is 0 Å². The lowest BCUT2D eigenvalue weighted by Crippen LogP contribution is -2.51. The van der Waals surface area contributed by atoms with Gasteiger partial charge in [-0.15, -0.1) is 0 Å². The lowest BCUT2D eigenvalue weighted by atomic mass is 9.99. The molecule has 3 atom stereocenters. The highest BCUT2D eigenvalue weighted by atomic mass is 32.2. The highest BCUT2D eigenvalue weighted by Gasteiger charge is 2.28. The molecule has 1 aliphatic heterocycles. The third kappa shape index (κ3) is 4.55. The number of hydrogen-bond acceptors (Lipinski definition) is 4. The van der Waals surface area contributed by atoms with Gasteiger partial charge in [0, 0.05) is 5.41 Å². The van der Waals surface area contributed by atoms with E-state index in [1.165, 1.54) is 6.08 Å². The molecular formula is C11H18N2O5S. The van der Waals surface area contributed by atoms with Gasteiger partial charge in [-0.3, -0.25) is 0 Å². The second-order valence-electron chi connectivity index (χ2n) is 4.58. The van der Waals surface area contributed by atoms with Crippen LogP contribution >= 0.6 is 0 Å². The summed E-state index contributed by atoms with van der Waals surface area (Å²) in [6.45, 7) is 3.55. The highest BCUT2D eigenvalue weighted by molar-refractivity contribution is 7.94. The largest absolute Gasteiger partial charge is 0.480 e. The van der Waals surface area contributed by atoms with Gasteiger partial charge in [-0.25, -0.2) is 18.0 Å². The van der Waals surface area contributed by atoms with Gasteiger partial charge < -0.3 is 15.7 Å². The van der Waals surface area contributed by atoms with E-state index in [1.54, 1.807) is 6.92 Å². The van der Waals surface area contributed by atoms with Crippen molar-refractivity contribution in [2.24, 2.45) is 5.92 Å². The molecule has 2 amide bonds. The number of nitrogens with one attached hydrogen (secondary N) is 2. The molecule has 0 spiro atoms. The predicted octanol–water partition coefficient (Wildman–Crippen LogP) is 0.0956. The summed E-state index contributed by atoms with van der Waals surface area (Å²) in [5.74, 6) is -1.52. The van der Waals surface area contributed by atoms with Crippen LogP contribution in [0.1, 0.15) is 20.3 Å². The van der Waals surface area contributed by atoms with Crippen LogP contribution in [0.25, 0.3) is 0 Å². The lowest BCUT2D eigenvalue weighted by molar-refractivity contribution is -0.140. The molecule has 2 unspecified atom stereocenters. The highest BCUT2D eigenvalue weighted by Crippen LogP contribution is 2.09. The summed E-state index contributed by atoms with van der Waals surface area (Å²) in [5, 5.41) is 14.8. The van der Waals surface area contributed by atoms with Gasteiger partial charge in [0.05, 0.1) is 11.8 Å². The zero-order valence-corrected chi connectivity index (χ0v) is 11.6. The van der Waals surface area contributed by atoms with Gasteiger partial charge in [-0.05, 0) is 12.0 Å². The van der Waals surface area contributed by atoms with Crippen molar-refractivity contribution < 1.29 is 23.1 Å². The van der Waals surface area contributed by atoms with Crippen LogP contribution in [-0.2, 0) is 14.6 Å². The number of hydrogen-bond donors (Lipinski definition) is 3. The zero-order valence-electron chi connectivity index (χ0n) is 10.8. The van der Waals surface area contributed by atoms with Gasteiger partial charge in [0.1, 0.15) is 6.04 Å². The standard InChI is InChI=1S/C11H18N2O5S/c1-3-7(2)9(10(14)15)13-11(16)12-8-4-5-19(17,18)6-8/h4-5,7-9H,3,6H2,1-2H3,(H,14,15)(H2,12,13,16)/t7?,8?,9-/m1/s1. The molecule has 1 aliphatic rings. The maximum Gasteiger partial charge on any atom is 0.326 e. The van der Waals surface area contributed by atoms with Gasteiger partial charge in [0.25, 0.3) is 0 Å². The summed E-state index contributed by atoms with van der Waals surface area (Å²) in [6.07, 6.45) is 1.98. The van der Waals surface area contributed by atoms with E-state index in [4.69, 9.17) is 5.11 Å². The number of sulfone groups is 1. The van der Waals surface area contributed by atoms with Crippen LogP contribution in [0.4, 0.5) is 4.79 Å². The van der Waals surface area contributed by atoms with Crippen molar-refractivity contribution in [3.05, 3.63) is 11.5 Å². The summed E-state index contributed by atoms with van der Waals surface area (Å²) >= 11 is 0. The number of amides is 2. The van der Waals surface area contributed by atoms with Crippen LogP contribution in [0.15, 0.2) is 11.5 Å². The molecule has 0 aromatic carbocycles. The fourth-order valence-electron chi connectivity index (χ4n) is 1.70. The fraction of sp³-hybridized carbons (Fsp3) is 0.636. The molecule has 19 heavy (non-hydrogen) atoms. The average Bonchev–Trinajstić information content (AvgIpc) is 2.64. The number of urea groups is 1. The topological polar surface area (TPSA) is 113 Å². The first-order chi connectivity index (χ1) is 8.75. The van der Waals surface area contributed by atoms with Crippen molar-refractivity contribution in [1.82, 2.24) is 10.6 Å². The van der Waals surface area contributed by atoms with Crippen molar-refractivity contribution in [1.29, 1.82) is 0 Å². The zero-order chi connectivity index (χ0) is 14.6. The summed E-state index contributed by atoms with van der Waals surface area (Å²) < 4.78 is 22.3. The third-order valence-electron chi connectivity index (χ3n) is 3.01. The Hall–Kier alpha value is -1.57. The second kappa shape index (κ2) is 6.05. The average molecular weight is 290 g/mol. The van der Waals surface area contributed by atoms with E-state index in [-0.39, 0.29) is 11.7 Å². The molecule has 0 saturated carbocycles. The second-order valence-corrected chi connectivity index (χ2v) is 6.52. The minimum atomic E-state index is -3.25. The molecule has 1 heterocycles. The van der Waals surface area contributed by atoms with Crippen LogP contribution in [0.3, 0.4) is 0 Å². The Labute approximate surface area is 112 Å². The fourth-order valence-corrected chi connectivity index (χ4v) is 2.94. The first-order valence-corrected chi connectivity index (χ1v) is 7.67. The number of aliphatic carboxylic acids is 1. The molecule has 0 saturated heterocycles. The van der Waals surface area contributed by atoms with Crippen LogP contribution in [0.5, 0.6) is 0 Å². The molecular weight excluding hydrogens is 272 g/mol. The lowest BCUT2D eigenvalue weighted by Gasteiger charge is -2.21. The van der Waals surface area contributed by atoms with Crippen molar-refractivity contribution >= 4 is 21.8 Å². The van der Waals surface area contributed by atoms with Crippen LogP contribution < -0.4 is 10.6 Å². The summed E-state index contributed by atoms with van der Waals surface area (Å²) in [7, 11) is -3.25. The number of carboxylic acids is 1. The first kappa shape index (κ1) is 15.5. The van der Waals surface area contributed by atoms with E-state index >= 15 is 0 Å². The predicted molar refractivity (Wildman–Crippen MR) is 69.3 cm³/mol. The summed E-state index contributed by atoms with van der Waals surface area (Å²) in [4.78, 5) is 22.7. The van der Waals surface area contributed by atoms with E-state index in [0.29, 0.717) is 6.42 Å². The van der Waals surface area contributed by atoms with E-state index < -0.39 is 33.9 Å². The Morgan fingerprint density at radius 2 is 2.11 bits per heavy atom. The molecule has 8 heteroatoms. The number of carbonyl (C=O) groups excluding carboxylic acids is 1. The quantitative estimate of drug-likeness (QED) is 0.664. The van der Waals surface area contributed by atoms with E-state index in [9.17, 15) is 18.0 Å². The van der Waals surface area contributed by atoms with Crippen LogP contribution in [-0.4, -0.2) is 43.4 Å². The molecule has 0 bridgehead atoms. The Bertz CT molecular complexity index is 485. The van der Waals surface area contributed by atoms with Crippen LogP contribution in [0.2, 0.25) is 0 Å². The van der Waals surface area contributed by atoms with Gasteiger partial charge in [-0.1, -0.05) is 20.3 Å². The van der Waals surface area contributed by atoms with Crippen molar-refractivity contribution in [2.45, 2.75) is 32.4 Å². The molecule has 108 valence electrons. The first-order valence-electron chi connectivity index (χ1n) is 5.96. The third-order valence-corrected chi connectivity index (χ3v) is 4.41. The summed E-state index contributed by atoms with van der Waals surface area (Å²) in [6, 6.07) is -2.29. The molecule has 0 radical (unpaired) electrons. The van der Waals surface area contributed by atoms with E-state index in [2.05, 4.69) is 10.6 Å². The molecule has 0 aliphatic carbocycles. The Morgan fingerprint density at radius 3 is 2.53 bits per heavy atom. The molecule has 0 aromatic rings. The summed E-state index contributed by atoms with van der Waals surface area (Å²) in [5.41, 5.74) is 0. The van der Waals surface area contributed by atoms with E-state index in [1.807, 2.05) is 6.92 Å². The Balaban J connectivity index is 2.55. The van der Waals surface area contributed by atoms with Crippen molar-refractivity contribution in [2.75, 3.05) is 5.75 Å². The maximum absolute atomic E-state index is 11.6. The number of carboxylic acid groups (broad SMARTS) is 1. The Morgan fingerprint density at radius 1 is 1.47 bits per heavy atom. The minimum Gasteiger partial charge on any atom is -0.480 e. The normalized spacial score (nSPS) is 23.6. The number of rotatable bonds is 5. The Kier molecular flexibility index (Phi) is 4.93. The molecule has 1 rings (SSSR count). The molecule has 3 N–H and O–H groups in total. The van der Waals surface area contributed by atoms with Gasteiger partial charge >= 0.3 is 12.0 Å². The SMILES string of the molecule is CCC(C)[C@@H](NC(=O)NC1C=CS(=O)(=O)C1)C(=O)O. The molecule has 0 aromatic heterocycles. The maximum atomic E-state index is 11.6. The van der Waals surface area contributed by atoms with Gasteiger partial charge in [0.15, 0.2) is 9.84 Å². The molecule has 7 nitrogen and oxygen atoms in total. The smallest absolute Gasteiger partial charge is 0.326 e.